The van der Waals surface area contributed by atoms with Crippen LogP contribution in [0.5, 0.6) is 5.75 Å². The van der Waals surface area contributed by atoms with Gasteiger partial charge in [0.05, 0.1) is 13.0 Å². The molecule has 0 aromatic heterocycles. The third kappa shape index (κ3) is 2.98. The fourth-order valence-corrected chi connectivity index (χ4v) is 2.65. The predicted molar refractivity (Wildman–Crippen MR) is 89.3 cm³/mol. The number of hydrogen-bond acceptors (Lipinski definition) is 2. The van der Waals surface area contributed by atoms with Crippen LogP contribution < -0.4 is 10.1 Å². The van der Waals surface area contributed by atoms with E-state index in [1.165, 1.54) is 5.56 Å². The zero-order valence-corrected chi connectivity index (χ0v) is 13.3. The van der Waals surface area contributed by atoms with Gasteiger partial charge < -0.3 is 10.1 Å². The van der Waals surface area contributed by atoms with Crippen molar-refractivity contribution in [2.45, 2.75) is 27.2 Å². The third-order valence-corrected chi connectivity index (χ3v) is 3.75. The lowest BCUT2D eigenvalue weighted by Crippen LogP contribution is -2.05. The van der Waals surface area contributed by atoms with Gasteiger partial charge in [-0.25, -0.2) is 0 Å². The molecular formula is C19H21NO2. The van der Waals surface area contributed by atoms with Gasteiger partial charge in [-0.2, -0.15) is 0 Å². The summed E-state index contributed by atoms with van der Waals surface area (Å²) < 4.78 is 5.97. The van der Waals surface area contributed by atoms with Crippen LogP contribution in [-0.4, -0.2) is 12.5 Å². The molecule has 1 amide bonds. The molecule has 0 spiro atoms. The van der Waals surface area contributed by atoms with E-state index < -0.39 is 0 Å². The lowest BCUT2D eigenvalue weighted by Gasteiger charge is -2.15. The summed E-state index contributed by atoms with van der Waals surface area (Å²) in [5.74, 6) is 1.44. The Bertz CT molecular complexity index is 719. The molecule has 3 rings (SSSR count). The van der Waals surface area contributed by atoms with Crippen LogP contribution in [-0.2, 0) is 11.2 Å². The number of carbonyl (C=O) groups excluding carboxylic acids is 1. The number of rotatable bonds is 4. The van der Waals surface area contributed by atoms with Crippen molar-refractivity contribution >= 4 is 11.6 Å². The zero-order chi connectivity index (χ0) is 15.7. The molecule has 0 radical (unpaired) electrons. The van der Waals surface area contributed by atoms with Crippen LogP contribution >= 0.6 is 0 Å². The number of aryl methyl sites for hydroxylation is 1. The molecule has 0 saturated heterocycles. The molecular weight excluding hydrogens is 274 g/mol. The highest BCUT2D eigenvalue weighted by Gasteiger charge is 2.18. The Kier molecular flexibility index (Phi) is 3.88. The SMILES string of the molecule is Cc1ccc(OCC(C)C)c(-c2ccc3c(c2)CC(=O)N3)c1. The predicted octanol–water partition coefficient (Wildman–Crippen LogP) is 4.19. The fourth-order valence-electron chi connectivity index (χ4n) is 2.65. The minimum Gasteiger partial charge on any atom is -0.493 e. The van der Waals surface area contributed by atoms with Crippen molar-refractivity contribution in [3.05, 3.63) is 47.5 Å². The average Bonchev–Trinajstić information content (AvgIpc) is 2.84. The first-order valence-corrected chi connectivity index (χ1v) is 7.69. The largest absolute Gasteiger partial charge is 0.493 e. The van der Waals surface area contributed by atoms with Crippen LogP contribution in [0.25, 0.3) is 11.1 Å². The standard InChI is InChI=1S/C19H21NO2/c1-12(2)11-22-18-7-4-13(3)8-16(18)14-5-6-17-15(9-14)10-19(21)20-17/h4-9,12H,10-11H2,1-3H3,(H,20,21). The lowest BCUT2D eigenvalue weighted by molar-refractivity contribution is -0.115. The minimum absolute atomic E-state index is 0.0627. The van der Waals surface area contributed by atoms with E-state index in [0.717, 1.165) is 28.1 Å². The molecule has 1 heterocycles. The van der Waals surface area contributed by atoms with Gasteiger partial charge in [-0.3, -0.25) is 4.79 Å². The molecule has 2 aromatic rings. The molecule has 0 saturated carbocycles. The van der Waals surface area contributed by atoms with Crippen molar-refractivity contribution < 1.29 is 9.53 Å². The maximum Gasteiger partial charge on any atom is 0.228 e. The van der Waals surface area contributed by atoms with Gasteiger partial charge in [0.15, 0.2) is 0 Å². The molecule has 3 nitrogen and oxygen atoms in total. The molecule has 1 aliphatic rings. The van der Waals surface area contributed by atoms with E-state index in [1.807, 2.05) is 18.2 Å². The van der Waals surface area contributed by atoms with Crippen LogP contribution in [0.1, 0.15) is 25.0 Å². The summed E-state index contributed by atoms with van der Waals surface area (Å²) >= 11 is 0. The van der Waals surface area contributed by atoms with Crippen molar-refractivity contribution in [2.75, 3.05) is 11.9 Å². The van der Waals surface area contributed by atoms with Crippen LogP contribution in [0, 0.1) is 12.8 Å². The van der Waals surface area contributed by atoms with Crippen LogP contribution in [0.15, 0.2) is 36.4 Å². The Hall–Kier alpha value is -2.29. The fraction of sp³-hybridized carbons (Fsp3) is 0.316. The van der Waals surface area contributed by atoms with Crippen LogP contribution in [0.4, 0.5) is 5.69 Å². The van der Waals surface area contributed by atoms with E-state index in [4.69, 9.17) is 4.74 Å². The van der Waals surface area contributed by atoms with Gasteiger partial charge in [0, 0.05) is 11.3 Å². The molecule has 114 valence electrons. The number of ether oxygens (including phenoxy) is 1. The number of fused-ring (bicyclic) bond motifs is 1. The number of carbonyl (C=O) groups is 1. The average molecular weight is 295 g/mol. The molecule has 0 atom stereocenters. The van der Waals surface area contributed by atoms with E-state index in [9.17, 15) is 4.79 Å². The van der Waals surface area contributed by atoms with Gasteiger partial charge >= 0.3 is 0 Å². The Balaban J connectivity index is 1.98. The van der Waals surface area contributed by atoms with E-state index in [1.54, 1.807) is 0 Å². The first-order valence-electron chi connectivity index (χ1n) is 7.69. The number of amides is 1. The molecule has 0 unspecified atom stereocenters. The smallest absolute Gasteiger partial charge is 0.228 e. The van der Waals surface area contributed by atoms with Gasteiger partial charge in [-0.1, -0.05) is 31.5 Å². The summed E-state index contributed by atoms with van der Waals surface area (Å²) in [6.07, 6.45) is 0.456. The van der Waals surface area contributed by atoms with Gasteiger partial charge in [0.25, 0.3) is 0 Å². The quantitative estimate of drug-likeness (QED) is 0.918. The summed E-state index contributed by atoms with van der Waals surface area (Å²) in [4.78, 5) is 11.5. The summed E-state index contributed by atoms with van der Waals surface area (Å²) in [7, 11) is 0. The zero-order valence-electron chi connectivity index (χ0n) is 13.3. The minimum atomic E-state index is 0.0627. The first-order chi connectivity index (χ1) is 10.5. The molecule has 1 N–H and O–H groups in total. The topological polar surface area (TPSA) is 38.3 Å². The Labute approximate surface area is 131 Å². The number of nitrogens with one attached hydrogen (secondary N) is 1. The van der Waals surface area contributed by atoms with Crippen molar-refractivity contribution in [3.8, 4) is 16.9 Å². The second-order valence-electron chi connectivity index (χ2n) is 6.30. The normalized spacial score (nSPS) is 13.2. The maximum absolute atomic E-state index is 11.5. The van der Waals surface area contributed by atoms with E-state index >= 15 is 0 Å². The summed E-state index contributed by atoms with van der Waals surface area (Å²) in [5.41, 5.74) is 5.35. The molecule has 22 heavy (non-hydrogen) atoms. The number of benzene rings is 2. The van der Waals surface area contributed by atoms with E-state index in [2.05, 4.69) is 44.3 Å². The Morgan fingerprint density at radius 1 is 1.18 bits per heavy atom. The second-order valence-corrected chi connectivity index (χ2v) is 6.30. The second kappa shape index (κ2) is 5.84. The van der Waals surface area contributed by atoms with E-state index in [-0.39, 0.29) is 5.91 Å². The monoisotopic (exact) mass is 295 g/mol. The van der Waals surface area contributed by atoms with Crippen molar-refractivity contribution in [3.63, 3.8) is 0 Å². The molecule has 3 heteroatoms. The molecule has 1 aliphatic heterocycles. The first kappa shape index (κ1) is 14.6. The van der Waals surface area contributed by atoms with Crippen molar-refractivity contribution in [1.82, 2.24) is 0 Å². The Morgan fingerprint density at radius 2 is 2.00 bits per heavy atom. The molecule has 2 aromatic carbocycles. The summed E-state index contributed by atoms with van der Waals surface area (Å²) in [5, 5.41) is 2.87. The highest BCUT2D eigenvalue weighted by Crippen LogP contribution is 2.35. The molecule has 0 bridgehead atoms. The highest BCUT2D eigenvalue weighted by molar-refractivity contribution is 5.99. The Morgan fingerprint density at radius 3 is 2.77 bits per heavy atom. The highest BCUT2D eigenvalue weighted by atomic mass is 16.5. The summed E-state index contributed by atoms with van der Waals surface area (Å²) in [6.45, 7) is 7.05. The summed E-state index contributed by atoms with van der Waals surface area (Å²) in [6, 6.07) is 12.3. The molecule has 0 aliphatic carbocycles. The van der Waals surface area contributed by atoms with Gasteiger partial charge in [-0.15, -0.1) is 0 Å². The van der Waals surface area contributed by atoms with Gasteiger partial charge in [0.2, 0.25) is 5.91 Å². The van der Waals surface area contributed by atoms with Crippen LogP contribution in [0.3, 0.4) is 0 Å². The number of hydrogen-bond donors (Lipinski definition) is 1. The van der Waals surface area contributed by atoms with Gasteiger partial charge in [0.1, 0.15) is 5.75 Å². The maximum atomic E-state index is 11.5. The third-order valence-electron chi connectivity index (χ3n) is 3.75. The van der Waals surface area contributed by atoms with Crippen LogP contribution in [0.2, 0.25) is 0 Å². The van der Waals surface area contributed by atoms with Crippen molar-refractivity contribution in [1.29, 1.82) is 0 Å². The lowest BCUT2D eigenvalue weighted by atomic mass is 9.99. The van der Waals surface area contributed by atoms with Gasteiger partial charge in [-0.05, 0) is 48.2 Å². The number of anilines is 1. The molecule has 0 fully saturated rings. The van der Waals surface area contributed by atoms with Crippen molar-refractivity contribution in [2.24, 2.45) is 5.92 Å². The van der Waals surface area contributed by atoms with E-state index in [0.29, 0.717) is 18.9 Å².